The minimum atomic E-state index is -0.383. The maximum Gasteiger partial charge on any atom is 0.225 e. The van der Waals surface area contributed by atoms with Crippen molar-refractivity contribution in [3.8, 4) is 0 Å². The molecular weight excluding hydrogens is 228 g/mol. The predicted molar refractivity (Wildman–Crippen MR) is 70.9 cm³/mol. The number of aliphatic hydroxyl groups excluding tert-OH is 1. The van der Waals surface area contributed by atoms with Gasteiger partial charge >= 0.3 is 0 Å². The third kappa shape index (κ3) is 2.86. The lowest BCUT2D eigenvalue weighted by Gasteiger charge is -2.39. The summed E-state index contributed by atoms with van der Waals surface area (Å²) in [4.78, 5) is 12.3. The molecule has 4 N–H and O–H groups in total. The van der Waals surface area contributed by atoms with Gasteiger partial charge in [0.1, 0.15) is 0 Å². The van der Waals surface area contributed by atoms with Crippen LogP contribution in [0.4, 0.5) is 0 Å². The lowest BCUT2D eigenvalue weighted by Crippen LogP contribution is -2.56. The van der Waals surface area contributed by atoms with E-state index in [1.807, 2.05) is 0 Å². The Morgan fingerprint density at radius 3 is 2.50 bits per heavy atom. The molecule has 4 heteroatoms. The highest BCUT2D eigenvalue weighted by atomic mass is 16.3. The van der Waals surface area contributed by atoms with E-state index in [0.717, 1.165) is 44.9 Å². The van der Waals surface area contributed by atoms with Crippen LogP contribution in [0.15, 0.2) is 0 Å². The second-order valence-electron chi connectivity index (χ2n) is 6.31. The highest BCUT2D eigenvalue weighted by Gasteiger charge is 2.38. The average Bonchev–Trinajstić information content (AvgIpc) is 2.79. The number of amides is 1. The lowest BCUT2D eigenvalue weighted by molar-refractivity contribution is -0.128. The molecule has 2 unspecified atom stereocenters. The topological polar surface area (TPSA) is 75.3 Å². The molecule has 0 aliphatic heterocycles. The van der Waals surface area contributed by atoms with Crippen LogP contribution >= 0.6 is 0 Å². The van der Waals surface area contributed by atoms with Crippen LogP contribution in [0.3, 0.4) is 0 Å². The SMILES string of the molecule is CC1CCC(CO)(NC(=O)C2CCCC2N)CC1. The number of nitrogens with one attached hydrogen (secondary N) is 1. The Balaban J connectivity index is 1.95. The molecule has 2 aliphatic rings. The van der Waals surface area contributed by atoms with Crippen molar-refractivity contribution in [1.82, 2.24) is 5.32 Å². The van der Waals surface area contributed by atoms with Crippen molar-refractivity contribution in [2.45, 2.75) is 63.5 Å². The van der Waals surface area contributed by atoms with E-state index in [1.165, 1.54) is 0 Å². The summed E-state index contributed by atoms with van der Waals surface area (Å²) in [7, 11) is 0. The van der Waals surface area contributed by atoms with E-state index in [2.05, 4.69) is 12.2 Å². The van der Waals surface area contributed by atoms with Crippen molar-refractivity contribution < 1.29 is 9.90 Å². The first kappa shape index (κ1) is 13.8. The number of carbonyl (C=O) groups is 1. The first-order valence-corrected chi connectivity index (χ1v) is 7.25. The van der Waals surface area contributed by atoms with Crippen LogP contribution in [0.1, 0.15) is 51.9 Å². The van der Waals surface area contributed by atoms with Crippen molar-refractivity contribution in [3.05, 3.63) is 0 Å². The molecule has 1 amide bonds. The van der Waals surface area contributed by atoms with E-state index >= 15 is 0 Å². The first-order chi connectivity index (χ1) is 8.56. The quantitative estimate of drug-likeness (QED) is 0.707. The fourth-order valence-electron chi connectivity index (χ4n) is 3.31. The molecule has 4 nitrogen and oxygen atoms in total. The van der Waals surface area contributed by atoms with E-state index in [9.17, 15) is 9.90 Å². The molecule has 0 heterocycles. The fraction of sp³-hybridized carbons (Fsp3) is 0.929. The maximum atomic E-state index is 12.3. The van der Waals surface area contributed by atoms with Gasteiger partial charge in [-0.15, -0.1) is 0 Å². The molecule has 0 saturated heterocycles. The van der Waals surface area contributed by atoms with Crippen molar-refractivity contribution >= 4 is 5.91 Å². The molecule has 2 rings (SSSR count). The van der Waals surface area contributed by atoms with Crippen molar-refractivity contribution in [2.75, 3.05) is 6.61 Å². The van der Waals surface area contributed by atoms with E-state index in [0.29, 0.717) is 5.92 Å². The molecule has 2 saturated carbocycles. The van der Waals surface area contributed by atoms with Gasteiger partial charge in [0, 0.05) is 6.04 Å². The Bertz CT molecular complexity index is 298. The highest BCUT2D eigenvalue weighted by Crippen LogP contribution is 2.33. The number of aliphatic hydroxyl groups is 1. The number of nitrogens with two attached hydrogens (primary N) is 1. The Labute approximate surface area is 109 Å². The van der Waals surface area contributed by atoms with E-state index in [4.69, 9.17) is 5.73 Å². The van der Waals surface area contributed by atoms with Crippen LogP contribution in [0.5, 0.6) is 0 Å². The van der Waals surface area contributed by atoms with Gasteiger partial charge in [-0.05, 0) is 44.4 Å². The minimum Gasteiger partial charge on any atom is -0.394 e. The third-order valence-electron chi connectivity index (χ3n) is 4.83. The normalized spacial score (nSPS) is 40.7. The fourth-order valence-corrected chi connectivity index (χ4v) is 3.31. The van der Waals surface area contributed by atoms with Gasteiger partial charge < -0.3 is 16.2 Å². The van der Waals surface area contributed by atoms with Crippen LogP contribution in [-0.2, 0) is 4.79 Å². The van der Waals surface area contributed by atoms with E-state index < -0.39 is 0 Å². The first-order valence-electron chi connectivity index (χ1n) is 7.25. The molecule has 18 heavy (non-hydrogen) atoms. The Morgan fingerprint density at radius 1 is 1.33 bits per heavy atom. The molecule has 0 aromatic heterocycles. The zero-order chi connectivity index (χ0) is 13.2. The van der Waals surface area contributed by atoms with Crippen LogP contribution in [0, 0.1) is 11.8 Å². The molecule has 0 radical (unpaired) electrons. The molecule has 104 valence electrons. The number of hydrogen-bond acceptors (Lipinski definition) is 3. The van der Waals surface area contributed by atoms with Crippen LogP contribution < -0.4 is 11.1 Å². The van der Waals surface area contributed by atoms with Crippen molar-refractivity contribution in [3.63, 3.8) is 0 Å². The van der Waals surface area contributed by atoms with Gasteiger partial charge in [-0.25, -0.2) is 0 Å². The maximum absolute atomic E-state index is 12.3. The Hall–Kier alpha value is -0.610. The van der Waals surface area contributed by atoms with Gasteiger partial charge in [-0.1, -0.05) is 13.3 Å². The molecule has 0 aromatic rings. The van der Waals surface area contributed by atoms with Gasteiger partial charge in [-0.2, -0.15) is 0 Å². The van der Waals surface area contributed by atoms with Crippen LogP contribution in [0.25, 0.3) is 0 Å². The average molecular weight is 254 g/mol. The predicted octanol–water partition coefficient (Wildman–Crippen LogP) is 1.17. The standard InChI is InChI=1S/C14H26N2O2/c1-10-5-7-14(9-17,8-6-10)16-13(18)11-3-2-4-12(11)15/h10-12,17H,2-9,15H2,1H3,(H,16,18). The number of rotatable bonds is 3. The number of carbonyl (C=O) groups excluding carboxylic acids is 1. The summed E-state index contributed by atoms with van der Waals surface area (Å²) in [6.07, 6.45) is 6.82. The van der Waals surface area contributed by atoms with Crippen LogP contribution in [-0.4, -0.2) is 29.2 Å². The summed E-state index contributed by atoms with van der Waals surface area (Å²) in [5.41, 5.74) is 5.59. The van der Waals surface area contributed by atoms with E-state index in [1.54, 1.807) is 0 Å². The zero-order valence-corrected chi connectivity index (χ0v) is 11.3. The summed E-state index contributed by atoms with van der Waals surface area (Å²) in [6.45, 7) is 2.28. The van der Waals surface area contributed by atoms with E-state index in [-0.39, 0.29) is 30.0 Å². The number of hydrogen-bond donors (Lipinski definition) is 3. The second kappa shape index (κ2) is 5.57. The van der Waals surface area contributed by atoms with Crippen molar-refractivity contribution in [2.24, 2.45) is 17.6 Å². The Morgan fingerprint density at radius 2 is 2.00 bits per heavy atom. The van der Waals surface area contributed by atoms with Gasteiger partial charge in [0.25, 0.3) is 0 Å². The largest absolute Gasteiger partial charge is 0.394 e. The molecule has 0 aromatic carbocycles. The summed E-state index contributed by atoms with van der Waals surface area (Å²) in [5.74, 6) is 0.715. The summed E-state index contributed by atoms with van der Waals surface area (Å²) in [6, 6.07) is 0.00302. The van der Waals surface area contributed by atoms with Gasteiger partial charge in [0.2, 0.25) is 5.91 Å². The van der Waals surface area contributed by atoms with Crippen LogP contribution in [0.2, 0.25) is 0 Å². The smallest absolute Gasteiger partial charge is 0.225 e. The third-order valence-corrected chi connectivity index (χ3v) is 4.83. The second-order valence-corrected chi connectivity index (χ2v) is 6.31. The van der Waals surface area contributed by atoms with Gasteiger partial charge in [0.15, 0.2) is 0 Å². The molecule has 2 aliphatic carbocycles. The Kier molecular flexibility index (Phi) is 4.28. The molecule has 2 atom stereocenters. The molecular formula is C14H26N2O2. The van der Waals surface area contributed by atoms with Gasteiger partial charge in [-0.3, -0.25) is 4.79 Å². The summed E-state index contributed by atoms with van der Waals surface area (Å²) in [5, 5.41) is 12.7. The highest BCUT2D eigenvalue weighted by molar-refractivity contribution is 5.80. The molecule has 2 fully saturated rings. The zero-order valence-electron chi connectivity index (χ0n) is 11.3. The summed E-state index contributed by atoms with van der Waals surface area (Å²) >= 11 is 0. The summed E-state index contributed by atoms with van der Waals surface area (Å²) < 4.78 is 0. The molecule has 0 spiro atoms. The monoisotopic (exact) mass is 254 g/mol. The molecule has 0 bridgehead atoms. The minimum absolute atomic E-state index is 0.00302. The lowest BCUT2D eigenvalue weighted by atomic mass is 9.77. The van der Waals surface area contributed by atoms with Gasteiger partial charge in [0.05, 0.1) is 18.1 Å². The van der Waals surface area contributed by atoms with Crippen molar-refractivity contribution in [1.29, 1.82) is 0 Å².